The number of carbonyl (C=O) groups is 1. The maximum atomic E-state index is 11.0. The van der Waals surface area contributed by atoms with Crippen molar-refractivity contribution in [2.75, 3.05) is 0 Å². The number of benzene rings is 3. The molecule has 108 valence electrons. The van der Waals surface area contributed by atoms with Crippen LogP contribution in [0.4, 0.5) is 0 Å². The second-order valence-corrected chi connectivity index (χ2v) is 5.17. The third-order valence-electron chi connectivity index (χ3n) is 3.66. The van der Waals surface area contributed by atoms with E-state index < -0.39 is 5.97 Å². The van der Waals surface area contributed by atoms with Crippen molar-refractivity contribution in [3.05, 3.63) is 84.4 Å². The van der Waals surface area contributed by atoms with E-state index in [1.807, 2.05) is 54.6 Å². The summed E-state index contributed by atoms with van der Waals surface area (Å²) < 4.78 is 0. The summed E-state index contributed by atoms with van der Waals surface area (Å²) in [7, 11) is 0. The molecule has 0 saturated heterocycles. The number of hydrogen-bond donors (Lipinski definition) is 1. The van der Waals surface area contributed by atoms with Crippen LogP contribution in [0.25, 0.3) is 22.3 Å². The van der Waals surface area contributed by atoms with E-state index in [2.05, 4.69) is 24.3 Å². The summed E-state index contributed by atoms with van der Waals surface area (Å²) in [4.78, 5) is 11.0. The smallest absolute Gasteiger partial charge is 0.307 e. The van der Waals surface area contributed by atoms with Crippen LogP contribution < -0.4 is 0 Å². The lowest BCUT2D eigenvalue weighted by Crippen LogP contribution is -2.01. The Hall–Kier alpha value is -2.87. The van der Waals surface area contributed by atoms with Crippen LogP contribution in [0.2, 0.25) is 0 Å². The maximum Gasteiger partial charge on any atom is 0.307 e. The van der Waals surface area contributed by atoms with Crippen molar-refractivity contribution in [2.45, 2.75) is 6.42 Å². The van der Waals surface area contributed by atoms with Gasteiger partial charge < -0.3 is 5.11 Å². The van der Waals surface area contributed by atoms with E-state index >= 15 is 0 Å². The van der Waals surface area contributed by atoms with Crippen LogP contribution in [0.5, 0.6) is 0 Å². The monoisotopic (exact) mass is 288 g/mol. The van der Waals surface area contributed by atoms with Crippen molar-refractivity contribution in [3.63, 3.8) is 0 Å². The quantitative estimate of drug-likeness (QED) is 0.759. The minimum atomic E-state index is -0.812. The van der Waals surface area contributed by atoms with Crippen LogP contribution in [-0.4, -0.2) is 11.1 Å². The van der Waals surface area contributed by atoms with E-state index in [0.29, 0.717) is 0 Å². The molecule has 0 fully saturated rings. The molecule has 1 N–H and O–H groups in total. The van der Waals surface area contributed by atoms with Gasteiger partial charge in [0.1, 0.15) is 0 Å². The Bertz CT molecular complexity index is 774. The Morgan fingerprint density at radius 2 is 1.23 bits per heavy atom. The van der Waals surface area contributed by atoms with E-state index in [9.17, 15) is 4.79 Å². The zero-order valence-electron chi connectivity index (χ0n) is 12.1. The molecule has 22 heavy (non-hydrogen) atoms. The first kappa shape index (κ1) is 14.1. The average Bonchev–Trinajstić information content (AvgIpc) is 2.56. The zero-order valence-corrected chi connectivity index (χ0v) is 12.1. The highest BCUT2D eigenvalue weighted by atomic mass is 16.4. The van der Waals surface area contributed by atoms with E-state index in [-0.39, 0.29) is 6.42 Å². The Morgan fingerprint density at radius 1 is 0.682 bits per heavy atom. The first-order valence-electron chi connectivity index (χ1n) is 7.19. The molecule has 0 unspecified atom stereocenters. The maximum absolute atomic E-state index is 11.0. The van der Waals surface area contributed by atoms with Crippen molar-refractivity contribution in [1.82, 2.24) is 0 Å². The Balaban J connectivity index is 1.95. The molecule has 0 saturated carbocycles. The molecule has 0 aliphatic heterocycles. The highest BCUT2D eigenvalue weighted by Crippen LogP contribution is 2.27. The lowest BCUT2D eigenvalue weighted by atomic mass is 9.96. The van der Waals surface area contributed by atoms with Crippen LogP contribution in [0.15, 0.2) is 78.9 Å². The lowest BCUT2D eigenvalue weighted by molar-refractivity contribution is -0.136. The number of carboxylic acids is 1. The van der Waals surface area contributed by atoms with Crippen molar-refractivity contribution in [3.8, 4) is 22.3 Å². The topological polar surface area (TPSA) is 37.3 Å². The summed E-state index contributed by atoms with van der Waals surface area (Å²) in [5.74, 6) is -0.812. The van der Waals surface area contributed by atoms with Crippen LogP contribution in [0, 0.1) is 0 Å². The average molecular weight is 288 g/mol. The summed E-state index contributed by atoms with van der Waals surface area (Å²) in [5.41, 5.74) is 5.18. The van der Waals surface area contributed by atoms with Crippen LogP contribution in [0.1, 0.15) is 5.56 Å². The van der Waals surface area contributed by atoms with Gasteiger partial charge in [-0.05, 0) is 27.8 Å². The van der Waals surface area contributed by atoms with Gasteiger partial charge >= 0.3 is 5.97 Å². The fourth-order valence-corrected chi connectivity index (χ4v) is 2.59. The van der Waals surface area contributed by atoms with Gasteiger partial charge in [0.05, 0.1) is 6.42 Å². The summed E-state index contributed by atoms with van der Waals surface area (Å²) in [6.45, 7) is 0. The standard InChI is InChI=1S/C20H16O2/c21-20(22)14-18-8-4-5-9-19(18)17-12-10-16(11-13-17)15-6-2-1-3-7-15/h1-13H,14H2,(H,21,22). The Kier molecular flexibility index (Phi) is 4.01. The third kappa shape index (κ3) is 3.07. The molecule has 2 heteroatoms. The van der Waals surface area contributed by atoms with Crippen LogP contribution in [0.3, 0.4) is 0 Å². The molecule has 0 aromatic heterocycles. The van der Waals surface area contributed by atoms with Gasteiger partial charge in [-0.1, -0.05) is 78.9 Å². The zero-order chi connectivity index (χ0) is 15.4. The highest BCUT2D eigenvalue weighted by molar-refractivity contribution is 5.77. The van der Waals surface area contributed by atoms with E-state index in [0.717, 1.165) is 22.3 Å². The molecule has 0 radical (unpaired) electrons. The molecule has 0 atom stereocenters. The number of carboxylic acid groups (broad SMARTS) is 1. The molecule has 3 rings (SSSR count). The fraction of sp³-hybridized carbons (Fsp3) is 0.0500. The van der Waals surface area contributed by atoms with Gasteiger partial charge in [-0.2, -0.15) is 0 Å². The van der Waals surface area contributed by atoms with Crippen molar-refractivity contribution in [1.29, 1.82) is 0 Å². The highest BCUT2D eigenvalue weighted by Gasteiger charge is 2.08. The number of hydrogen-bond acceptors (Lipinski definition) is 1. The molecule has 0 spiro atoms. The van der Waals surface area contributed by atoms with Gasteiger partial charge in [0.2, 0.25) is 0 Å². The molecule has 2 nitrogen and oxygen atoms in total. The van der Waals surface area contributed by atoms with Crippen LogP contribution in [-0.2, 0) is 11.2 Å². The predicted molar refractivity (Wildman–Crippen MR) is 88.7 cm³/mol. The molecule has 0 bridgehead atoms. The largest absolute Gasteiger partial charge is 0.481 e. The molecule has 0 aliphatic carbocycles. The van der Waals surface area contributed by atoms with Gasteiger partial charge in [0, 0.05) is 0 Å². The lowest BCUT2D eigenvalue weighted by Gasteiger charge is -2.09. The fourth-order valence-electron chi connectivity index (χ4n) is 2.59. The minimum absolute atomic E-state index is 0.0383. The van der Waals surface area contributed by atoms with Crippen molar-refractivity contribution >= 4 is 5.97 Å². The van der Waals surface area contributed by atoms with Gasteiger partial charge in [0.15, 0.2) is 0 Å². The van der Waals surface area contributed by atoms with Gasteiger partial charge in [-0.25, -0.2) is 0 Å². The summed E-state index contributed by atoms with van der Waals surface area (Å²) in [6.07, 6.45) is 0.0383. The Morgan fingerprint density at radius 3 is 1.91 bits per heavy atom. The van der Waals surface area contributed by atoms with Gasteiger partial charge in [0.25, 0.3) is 0 Å². The van der Waals surface area contributed by atoms with E-state index in [4.69, 9.17) is 5.11 Å². The first-order valence-corrected chi connectivity index (χ1v) is 7.19. The normalized spacial score (nSPS) is 10.4. The molecule has 0 heterocycles. The molecule has 3 aromatic carbocycles. The van der Waals surface area contributed by atoms with Crippen molar-refractivity contribution < 1.29 is 9.90 Å². The molecule has 0 aliphatic rings. The predicted octanol–water partition coefficient (Wildman–Crippen LogP) is 4.65. The summed E-state index contributed by atoms with van der Waals surface area (Å²) >= 11 is 0. The molecule has 3 aromatic rings. The summed E-state index contributed by atoms with van der Waals surface area (Å²) in [6, 6.07) is 26.1. The first-order chi connectivity index (χ1) is 10.7. The molecular weight excluding hydrogens is 272 g/mol. The number of aliphatic carboxylic acids is 1. The number of rotatable bonds is 4. The SMILES string of the molecule is O=C(O)Cc1ccccc1-c1ccc(-c2ccccc2)cc1. The van der Waals surface area contributed by atoms with E-state index in [1.165, 1.54) is 5.56 Å². The molecule has 0 amide bonds. The van der Waals surface area contributed by atoms with Crippen molar-refractivity contribution in [2.24, 2.45) is 0 Å². The Labute approximate surface area is 129 Å². The second kappa shape index (κ2) is 6.27. The molecular formula is C20H16O2. The van der Waals surface area contributed by atoms with Gasteiger partial charge in [-0.15, -0.1) is 0 Å². The third-order valence-corrected chi connectivity index (χ3v) is 3.66. The second-order valence-electron chi connectivity index (χ2n) is 5.17. The minimum Gasteiger partial charge on any atom is -0.481 e. The summed E-state index contributed by atoms with van der Waals surface area (Å²) in [5, 5.41) is 9.03. The van der Waals surface area contributed by atoms with Crippen LogP contribution >= 0.6 is 0 Å². The van der Waals surface area contributed by atoms with Gasteiger partial charge in [-0.3, -0.25) is 4.79 Å². The van der Waals surface area contributed by atoms with E-state index in [1.54, 1.807) is 0 Å².